The molecule has 0 aliphatic rings. The van der Waals surface area contributed by atoms with Crippen molar-refractivity contribution in [3.63, 3.8) is 0 Å². The number of anilines is 1. The molecule has 0 aliphatic heterocycles. The van der Waals surface area contributed by atoms with Crippen LogP contribution in [0.2, 0.25) is 10.0 Å². The van der Waals surface area contributed by atoms with E-state index in [4.69, 9.17) is 23.2 Å². The highest BCUT2D eigenvalue weighted by Gasteiger charge is 2.04. The Hall–Kier alpha value is -0.730. The first-order chi connectivity index (χ1) is 5.65. The van der Waals surface area contributed by atoms with Gasteiger partial charge in [0.2, 0.25) is 6.41 Å². The predicted molar refractivity (Wildman–Crippen MR) is 50.9 cm³/mol. The smallest absolute Gasteiger partial charge is 0.213 e. The van der Waals surface area contributed by atoms with Crippen molar-refractivity contribution in [1.82, 2.24) is 0 Å². The second kappa shape index (κ2) is 3.78. The lowest BCUT2D eigenvalue weighted by atomic mass is 10.3. The highest BCUT2D eigenvalue weighted by atomic mass is 35.5. The molecule has 64 valence electrons. The molecule has 0 unspecified atom stereocenters. The summed E-state index contributed by atoms with van der Waals surface area (Å²) in [6, 6.07) is 4.97. The molecule has 12 heavy (non-hydrogen) atoms. The Morgan fingerprint density at radius 3 is 2.58 bits per heavy atom. The maximum Gasteiger partial charge on any atom is 0.213 e. The van der Waals surface area contributed by atoms with E-state index < -0.39 is 0 Å². The van der Waals surface area contributed by atoms with Gasteiger partial charge in [-0.05, 0) is 18.2 Å². The van der Waals surface area contributed by atoms with Crippen molar-refractivity contribution >= 4 is 35.3 Å². The largest absolute Gasteiger partial charge is 0.317 e. The molecule has 4 heteroatoms. The van der Waals surface area contributed by atoms with Crippen LogP contribution in [-0.4, -0.2) is 13.5 Å². The molecule has 0 fully saturated rings. The van der Waals surface area contributed by atoms with Crippen molar-refractivity contribution in [2.75, 3.05) is 11.9 Å². The maximum absolute atomic E-state index is 10.4. The van der Waals surface area contributed by atoms with Gasteiger partial charge in [-0.15, -0.1) is 0 Å². The normalized spacial score (nSPS) is 9.58. The van der Waals surface area contributed by atoms with Gasteiger partial charge in [0.15, 0.2) is 0 Å². The summed E-state index contributed by atoms with van der Waals surface area (Å²) in [6.07, 6.45) is 0.690. The van der Waals surface area contributed by atoms with E-state index in [1.807, 2.05) is 0 Å². The van der Waals surface area contributed by atoms with E-state index in [1.165, 1.54) is 4.90 Å². The van der Waals surface area contributed by atoms with E-state index >= 15 is 0 Å². The number of carbonyl (C=O) groups excluding carboxylic acids is 1. The van der Waals surface area contributed by atoms with Crippen LogP contribution in [0.4, 0.5) is 5.69 Å². The molecule has 0 saturated carbocycles. The maximum atomic E-state index is 10.4. The first-order valence-corrected chi connectivity index (χ1v) is 4.04. The second-order valence-electron chi connectivity index (χ2n) is 2.31. The van der Waals surface area contributed by atoms with Crippen LogP contribution < -0.4 is 4.90 Å². The quantitative estimate of drug-likeness (QED) is 0.678. The first kappa shape index (κ1) is 9.36. The number of benzene rings is 1. The Morgan fingerprint density at radius 1 is 1.42 bits per heavy atom. The summed E-state index contributed by atoms with van der Waals surface area (Å²) in [5.74, 6) is 0. The van der Waals surface area contributed by atoms with Crippen molar-refractivity contribution in [3.8, 4) is 0 Å². The molecule has 0 N–H and O–H groups in total. The minimum atomic E-state index is 0.470. The van der Waals surface area contributed by atoms with Gasteiger partial charge in [0.05, 0.1) is 10.7 Å². The number of hydrogen-bond acceptors (Lipinski definition) is 1. The van der Waals surface area contributed by atoms with Crippen LogP contribution in [0.15, 0.2) is 18.2 Å². The number of rotatable bonds is 2. The van der Waals surface area contributed by atoms with Gasteiger partial charge in [-0.25, -0.2) is 0 Å². The van der Waals surface area contributed by atoms with Crippen LogP contribution in [0.25, 0.3) is 0 Å². The van der Waals surface area contributed by atoms with Crippen molar-refractivity contribution in [2.45, 2.75) is 0 Å². The molecule has 0 heterocycles. The number of amides is 1. The van der Waals surface area contributed by atoms with Gasteiger partial charge in [-0.1, -0.05) is 23.2 Å². The summed E-state index contributed by atoms with van der Waals surface area (Å²) >= 11 is 11.5. The van der Waals surface area contributed by atoms with Crippen molar-refractivity contribution < 1.29 is 4.79 Å². The lowest BCUT2D eigenvalue weighted by Gasteiger charge is -2.11. The standard InChI is InChI=1S/C8H7Cl2NO/c1-11(5-12)8-3-2-6(9)4-7(8)10/h2-5H,1H3. The van der Waals surface area contributed by atoms with Gasteiger partial charge in [0.25, 0.3) is 0 Å². The lowest BCUT2D eigenvalue weighted by Crippen LogP contribution is -2.13. The average molecular weight is 204 g/mol. The molecule has 2 nitrogen and oxygen atoms in total. The van der Waals surface area contributed by atoms with Gasteiger partial charge in [0.1, 0.15) is 0 Å². The van der Waals surface area contributed by atoms with Crippen LogP contribution >= 0.6 is 23.2 Å². The molecule has 0 aliphatic carbocycles. The number of hydrogen-bond donors (Lipinski definition) is 0. The van der Waals surface area contributed by atoms with E-state index in [9.17, 15) is 4.79 Å². The zero-order chi connectivity index (χ0) is 9.14. The fraction of sp³-hybridized carbons (Fsp3) is 0.125. The van der Waals surface area contributed by atoms with Crippen molar-refractivity contribution in [1.29, 1.82) is 0 Å². The molecule has 0 bridgehead atoms. The Balaban J connectivity index is 3.09. The zero-order valence-corrected chi connectivity index (χ0v) is 7.93. The summed E-state index contributed by atoms with van der Waals surface area (Å²) in [4.78, 5) is 11.8. The predicted octanol–water partition coefficient (Wildman–Crippen LogP) is 2.59. The fourth-order valence-electron chi connectivity index (χ4n) is 0.824. The number of carbonyl (C=O) groups is 1. The van der Waals surface area contributed by atoms with Crippen LogP contribution in [0.1, 0.15) is 0 Å². The zero-order valence-electron chi connectivity index (χ0n) is 6.42. The molecule has 0 saturated heterocycles. The van der Waals surface area contributed by atoms with Crippen LogP contribution in [0, 0.1) is 0 Å². The lowest BCUT2D eigenvalue weighted by molar-refractivity contribution is -0.107. The molecule has 1 amide bonds. The van der Waals surface area contributed by atoms with Crippen LogP contribution in [0.5, 0.6) is 0 Å². The molecule has 0 atom stereocenters. The molecular formula is C8H7Cl2NO. The van der Waals surface area contributed by atoms with Crippen LogP contribution in [-0.2, 0) is 4.79 Å². The van der Waals surface area contributed by atoms with E-state index in [0.29, 0.717) is 22.1 Å². The number of nitrogens with zero attached hydrogens (tertiary/aromatic N) is 1. The average Bonchev–Trinajstić information content (AvgIpc) is 2.03. The Labute approximate surface area is 80.7 Å². The molecule has 0 spiro atoms. The van der Waals surface area contributed by atoms with E-state index in [1.54, 1.807) is 25.2 Å². The van der Waals surface area contributed by atoms with Gasteiger partial charge in [0, 0.05) is 12.1 Å². The summed E-state index contributed by atoms with van der Waals surface area (Å²) in [7, 11) is 1.63. The molecular weight excluding hydrogens is 197 g/mol. The monoisotopic (exact) mass is 203 g/mol. The third kappa shape index (κ3) is 1.90. The topological polar surface area (TPSA) is 20.3 Å². The third-order valence-corrected chi connectivity index (χ3v) is 1.99. The van der Waals surface area contributed by atoms with Crippen molar-refractivity contribution in [2.24, 2.45) is 0 Å². The van der Waals surface area contributed by atoms with Crippen LogP contribution in [0.3, 0.4) is 0 Å². The van der Waals surface area contributed by atoms with Gasteiger partial charge in [-0.2, -0.15) is 0 Å². The summed E-state index contributed by atoms with van der Waals surface area (Å²) < 4.78 is 0. The summed E-state index contributed by atoms with van der Waals surface area (Å²) in [5.41, 5.74) is 0.649. The summed E-state index contributed by atoms with van der Waals surface area (Å²) in [5, 5.41) is 1.03. The molecule has 0 aromatic heterocycles. The van der Waals surface area contributed by atoms with Gasteiger partial charge < -0.3 is 4.90 Å². The van der Waals surface area contributed by atoms with Gasteiger partial charge in [-0.3, -0.25) is 4.79 Å². The Kier molecular flexibility index (Phi) is 2.95. The second-order valence-corrected chi connectivity index (χ2v) is 3.16. The molecule has 1 aromatic carbocycles. The highest BCUT2D eigenvalue weighted by Crippen LogP contribution is 2.26. The van der Waals surface area contributed by atoms with Gasteiger partial charge >= 0.3 is 0 Å². The third-order valence-electron chi connectivity index (χ3n) is 1.45. The highest BCUT2D eigenvalue weighted by molar-refractivity contribution is 6.36. The fourth-order valence-corrected chi connectivity index (χ4v) is 1.37. The molecule has 1 rings (SSSR count). The minimum absolute atomic E-state index is 0.470. The Bertz CT molecular complexity index is 301. The Morgan fingerprint density at radius 2 is 2.08 bits per heavy atom. The van der Waals surface area contributed by atoms with Crippen molar-refractivity contribution in [3.05, 3.63) is 28.2 Å². The minimum Gasteiger partial charge on any atom is -0.317 e. The van der Waals surface area contributed by atoms with E-state index in [2.05, 4.69) is 0 Å². The SMILES string of the molecule is CN(C=O)c1ccc(Cl)cc1Cl. The number of halogens is 2. The van der Waals surface area contributed by atoms with E-state index in [0.717, 1.165) is 0 Å². The first-order valence-electron chi connectivity index (χ1n) is 3.28. The molecule has 1 aromatic rings. The van der Waals surface area contributed by atoms with E-state index in [-0.39, 0.29) is 0 Å². The summed E-state index contributed by atoms with van der Waals surface area (Å²) in [6.45, 7) is 0. The molecule has 0 radical (unpaired) electrons.